The van der Waals surface area contributed by atoms with Crippen LogP contribution in [0.15, 0.2) is 18.2 Å². The van der Waals surface area contributed by atoms with Gasteiger partial charge in [-0.25, -0.2) is 13.6 Å². The van der Waals surface area contributed by atoms with Crippen LogP contribution >= 0.6 is 0 Å². The number of amides is 1. The highest BCUT2D eigenvalue weighted by Crippen LogP contribution is 2.10. The Labute approximate surface area is 118 Å². The lowest BCUT2D eigenvalue weighted by molar-refractivity contribution is 0.0956. The standard InChI is InChI=1S/C13H17N3O3S/c1-10-4-5-12(11(9-10)3-2-6-14)13(17)16-7-8-20(15,18)19/h4-5,9H,6-8,14H2,1H3,(H,16,17)(H2,15,18,19). The molecule has 0 aliphatic heterocycles. The third-order valence-electron chi connectivity index (χ3n) is 2.42. The average molecular weight is 295 g/mol. The summed E-state index contributed by atoms with van der Waals surface area (Å²) in [5, 5.41) is 7.36. The number of benzene rings is 1. The monoisotopic (exact) mass is 295 g/mol. The van der Waals surface area contributed by atoms with E-state index in [9.17, 15) is 13.2 Å². The summed E-state index contributed by atoms with van der Waals surface area (Å²) >= 11 is 0. The molecule has 0 aromatic heterocycles. The number of nitrogens with two attached hydrogens (primary N) is 2. The highest BCUT2D eigenvalue weighted by atomic mass is 32.2. The van der Waals surface area contributed by atoms with E-state index < -0.39 is 15.9 Å². The van der Waals surface area contributed by atoms with Gasteiger partial charge in [-0.3, -0.25) is 4.79 Å². The minimum Gasteiger partial charge on any atom is -0.351 e. The third kappa shape index (κ3) is 5.40. The fourth-order valence-electron chi connectivity index (χ4n) is 1.51. The van der Waals surface area contributed by atoms with Crippen LogP contribution in [0.2, 0.25) is 0 Å². The van der Waals surface area contributed by atoms with Gasteiger partial charge < -0.3 is 11.1 Å². The predicted molar refractivity (Wildman–Crippen MR) is 77.4 cm³/mol. The van der Waals surface area contributed by atoms with Gasteiger partial charge in [-0.05, 0) is 24.6 Å². The van der Waals surface area contributed by atoms with E-state index in [2.05, 4.69) is 17.2 Å². The molecule has 0 bridgehead atoms. The summed E-state index contributed by atoms with van der Waals surface area (Å²) in [6, 6.07) is 5.20. The number of hydrogen-bond acceptors (Lipinski definition) is 4. The number of primary sulfonamides is 1. The molecule has 0 fully saturated rings. The van der Waals surface area contributed by atoms with Crippen molar-refractivity contribution >= 4 is 15.9 Å². The highest BCUT2D eigenvalue weighted by molar-refractivity contribution is 7.89. The zero-order chi connectivity index (χ0) is 15.2. The molecule has 7 heteroatoms. The first-order chi connectivity index (χ1) is 9.33. The van der Waals surface area contributed by atoms with Crippen molar-refractivity contribution in [3.8, 4) is 11.8 Å². The molecular weight excluding hydrogens is 278 g/mol. The van der Waals surface area contributed by atoms with E-state index in [4.69, 9.17) is 10.9 Å². The van der Waals surface area contributed by atoms with E-state index in [0.717, 1.165) is 5.56 Å². The fourth-order valence-corrected chi connectivity index (χ4v) is 1.89. The van der Waals surface area contributed by atoms with Crippen LogP contribution in [-0.4, -0.2) is 33.2 Å². The van der Waals surface area contributed by atoms with Gasteiger partial charge >= 0.3 is 0 Å². The number of rotatable bonds is 4. The van der Waals surface area contributed by atoms with Crippen molar-refractivity contribution in [2.24, 2.45) is 10.9 Å². The van der Waals surface area contributed by atoms with E-state index in [0.29, 0.717) is 11.1 Å². The molecule has 1 rings (SSSR count). The summed E-state index contributed by atoms with van der Waals surface area (Å²) in [6.07, 6.45) is 0. The smallest absolute Gasteiger partial charge is 0.252 e. The van der Waals surface area contributed by atoms with Crippen molar-refractivity contribution in [1.29, 1.82) is 0 Å². The molecule has 0 radical (unpaired) electrons. The van der Waals surface area contributed by atoms with Crippen LogP contribution < -0.4 is 16.2 Å². The molecule has 108 valence electrons. The van der Waals surface area contributed by atoms with E-state index in [1.807, 2.05) is 6.92 Å². The normalized spacial score (nSPS) is 10.6. The molecule has 0 aliphatic rings. The van der Waals surface area contributed by atoms with E-state index in [1.165, 1.54) is 0 Å². The molecular formula is C13H17N3O3S. The summed E-state index contributed by atoms with van der Waals surface area (Å²) in [7, 11) is -3.59. The number of aryl methyl sites for hydroxylation is 1. The number of sulfonamides is 1. The van der Waals surface area contributed by atoms with Gasteiger partial charge in [0.15, 0.2) is 0 Å². The first-order valence-electron chi connectivity index (χ1n) is 5.92. The van der Waals surface area contributed by atoms with Gasteiger partial charge in [0, 0.05) is 12.1 Å². The molecule has 5 N–H and O–H groups in total. The van der Waals surface area contributed by atoms with Gasteiger partial charge in [0.05, 0.1) is 17.9 Å². The summed E-state index contributed by atoms with van der Waals surface area (Å²) in [6.45, 7) is 2.03. The quantitative estimate of drug-likeness (QED) is 0.638. The molecule has 0 unspecified atom stereocenters. The largest absolute Gasteiger partial charge is 0.351 e. The molecule has 0 atom stereocenters. The minimum atomic E-state index is -3.59. The minimum absolute atomic E-state index is 0.0463. The SMILES string of the molecule is Cc1ccc(C(=O)NCCS(N)(=O)=O)c(C#CCN)c1. The van der Waals surface area contributed by atoms with Gasteiger partial charge in [-0.1, -0.05) is 17.9 Å². The molecule has 1 aromatic rings. The van der Waals surface area contributed by atoms with Crippen molar-refractivity contribution in [1.82, 2.24) is 5.32 Å². The van der Waals surface area contributed by atoms with Crippen LogP contribution in [-0.2, 0) is 10.0 Å². The Balaban J connectivity index is 2.87. The van der Waals surface area contributed by atoms with Gasteiger partial charge in [-0.2, -0.15) is 0 Å². The summed E-state index contributed by atoms with van der Waals surface area (Å²) in [4.78, 5) is 12.0. The molecule has 1 amide bonds. The van der Waals surface area contributed by atoms with Crippen molar-refractivity contribution < 1.29 is 13.2 Å². The Bertz CT molecular complexity index is 657. The van der Waals surface area contributed by atoms with E-state index in [1.54, 1.807) is 18.2 Å². The van der Waals surface area contributed by atoms with Gasteiger partial charge in [0.2, 0.25) is 10.0 Å². The topological polar surface area (TPSA) is 115 Å². The van der Waals surface area contributed by atoms with Crippen LogP contribution in [0.1, 0.15) is 21.5 Å². The average Bonchev–Trinajstić information content (AvgIpc) is 2.34. The second-order valence-corrected chi connectivity index (χ2v) is 5.91. The molecule has 6 nitrogen and oxygen atoms in total. The van der Waals surface area contributed by atoms with Crippen molar-refractivity contribution in [2.75, 3.05) is 18.8 Å². The first-order valence-corrected chi connectivity index (χ1v) is 7.63. The molecule has 1 aromatic carbocycles. The lowest BCUT2D eigenvalue weighted by Gasteiger charge is -2.07. The molecule has 0 heterocycles. The number of hydrogen-bond donors (Lipinski definition) is 3. The molecule has 0 aliphatic carbocycles. The Kier molecular flexibility index (Phi) is 5.70. The zero-order valence-electron chi connectivity index (χ0n) is 11.1. The van der Waals surface area contributed by atoms with Crippen molar-refractivity contribution in [3.63, 3.8) is 0 Å². The van der Waals surface area contributed by atoms with Crippen LogP contribution in [0.5, 0.6) is 0 Å². The maximum absolute atomic E-state index is 12.0. The fraction of sp³-hybridized carbons (Fsp3) is 0.308. The Morgan fingerprint density at radius 1 is 1.40 bits per heavy atom. The van der Waals surface area contributed by atoms with Crippen LogP contribution in [0.25, 0.3) is 0 Å². The highest BCUT2D eigenvalue weighted by Gasteiger charge is 2.11. The van der Waals surface area contributed by atoms with E-state index in [-0.39, 0.29) is 18.8 Å². The van der Waals surface area contributed by atoms with Crippen LogP contribution in [0.3, 0.4) is 0 Å². The second-order valence-electron chi connectivity index (χ2n) is 4.18. The lowest BCUT2D eigenvalue weighted by Crippen LogP contribution is -2.31. The zero-order valence-corrected chi connectivity index (χ0v) is 12.0. The first kappa shape index (κ1) is 16.2. The molecule has 0 saturated heterocycles. The van der Waals surface area contributed by atoms with Gasteiger partial charge in [-0.15, -0.1) is 0 Å². The Hall–Kier alpha value is -1.88. The van der Waals surface area contributed by atoms with Crippen LogP contribution in [0.4, 0.5) is 0 Å². The molecule has 0 saturated carbocycles. The van der Waals surface area contributed by atoms with Crippen LogP contribution in [0, 0.1) is 18.8 Å². The number of nitrogens with one attached hydrogen (secondary N) is 1. The van der Waals surface area contributed by atoms with Crippen molar-refractivity contribution in [3.05, 3.63) is 34.9 Å². The van der Waals surface area contributed by atoms with Crippen molar-refractivity contribution in [2.45, 2.75) is 6.92 Å². The second kappa shape index (κ2) is 7.05. The van der Waals surface area contributed by atoms with E-state index >= 15 is 0 Å². The maximum atomic E-state index is 12.0. The summed E-state index contributed by atoms with van der Waals surface area (Å²) in [5.74, 6) is 4.81. The number of carbonyl (C=O) groups is 1. The lowest BCUT2D eigenvalue weighted by atomic mass is 10.0. The maximum Gasteiger partial charge on any atom is 0.252 e. The molecule has 0 spiro atoms. The summed E-state index contributed by atoms with van der Waals surface area (Å²) in [5.41, 5.74) is 7.22. The van der Waals surface area contributed by atoms with Gasteiger partial charge in [0.25, 0.3) is 5.91 Å². The summed E-state index contributed by atoms with van der Waals surface area (Å²) < 4.78 is 21.6. The number of carbonyl (C=O) groups excluding carboxylic acids is 1. The Morgan fingerprint density at radius 3 is 2.70 bits per heavy atom. The van der Waals surface area contributed by atoms with Gasteiger partial charge in [0.1, 0.15) is 0 Å². The Morgan fingerprint density at radius 2 is 2.10 bits per heavy atom. The molecule has 20 heavy (non-hydrogen) atoms. The third-order valence-corrected chi connectivity index (χ3v) is 3.19. The predicted octanol–water partition coefficient (Wildman–Crippen LogP) is -0.676.